The van der Waals surface area contributed by atoms with Crippen LogP contribution in [0.15, 0.2) is 42.0 Å². The molecule has 0 aromatic heterocycles. The number of hydrogen-bond donors (Lipinski definition) is 2. The molecule has 2 aromatic carbocycles. The topological polar surface area (TPSA) is 159 Å². The molecule has 10 nitrogen and oxygen atoms in total. The van der Waals surface area contributed by atoms with Gasteiger partial charge in [-0.15, -0.1) is 0 Å². The van der Waals surface area contributed by atoms with Gasteiger partial charge in [0.1, 0.15) is 11.6 Å². The van der Waals surface area contributed by atoms with Crippen molar-refractivity contribution < 1.29 is 19.7 Å². The number of nitrogens with one attached hydrogen (secondary N) is 1. The third kappa shape index (κ3) is 4.56. The van der Waals surface area contributed by atoms with E-state index in [1.165, 1.54) is 24.3 Å². The zero-order valence-electron chi connectivity index (χ0n) is 13.2. The van der Waals surface area contributed by atoms with Crippen LogP contribution >= 0.6 is 11.6 Å². The van der Waals surface area contributed by atoms with E-state index in [-0.39, 0.29) is 0 Å². The van der Waals surface area contributed by atoms with Gasteiger partial charge in [0.15, 0.2) is 0 Å². The van der Waals surface area contributed by atoms with E-state index in [1.807, 2.05) is 0 Å². The normalized spacial score (nSPS) is 10.7. The summed E-state index contributed by atoms with van der Waals surface area (Å²) < 4.78 is 0. The number of phenols is 1. The summed E-state index contributed by atoms with van der Waals surface area (Å²) >= 11 is 5.73. The van der Waals surface area contributed by atoms with Gasteiger partial charge in [0.05, 0.1) is 15.9 Å². The van der Waals surface area contributed by atoms with Crippen molar-refractivity contribution in [1.82, 2.24) is 0 Å². The number of amides is 1. The molecule has 2 rings (SSSR count). The number of rotatable bonds is 5. The van der Waals surface area contributed by atoms with Crippen LogP contribution in [0.25, 0.3) is 6.08 Å². The maximum Gasteiger partial charge on any atom is 0.318 e. The van der Waals surface area contributed by atoms with Crippen molar-refractivity contribution in [3.63, 3.8) is 0 Å². The van der Waals surface area contributed by atoms with Gasteiger partial charge >= 0.3 is 5.69 Å². The molecule has 0 aliphatic heterocycles. The van der Waals surface area contributed by atoms with Gasteiger partial charge in [0.2, 0.25) is 5.75 Å². The van der Waals surface area contributed by atoms with Gasteiger partial charge in [-0.1, -0.05) is 11.6 Å². The van der Waals surface area contributed by atoms with Gasteiger partial charge in [0, 0.05) is 22.3 Å². The third-order valence-electron chi connectivity index (χ3n) is 3.28. The SMILES string of the molecule is N#C/C(=C/c1cc([N+](=O)[O-])cc([N+](=O)[O-])c1O)C(=O)Nc1ccc(Cl)cc1. The minimum atomic E-state index is -1.01. The van der Waals surface area contributed by atoms with Crippen LogP contribution in [0.2, 0.25) is 5.02 Å². The second kappa shape index (κ2) is 7.94. The Bertz CT molecular complexity index is 1010. The highest BCUT2D eigenvalue weighted by Gasteiger charge is 2.24. The summed E-state index contributed by atoms with van der Waals surface area (Å²) in [7, 11) is 0. The molecule has 0 saturated heterocycles. The number of anilines is 1. The first kappa shape index (κ1) is 19.4. The Morgan fingerprint density at radius 2 is 1.81 bits per heavy atom. The zero-order chi connectivity index (χ0) is 20.1. The number of nitrogens with zero attached hydrogens (tertiary/aromatic N) is 3. The molecule has 136 valence electrons. The summed E-state index contributed by atoms with van der Waals surface area (Å²) in [6, 6.07) is 8.93. The number of aromatic hydroxyl groups is 1. The van der Waals surface area contributed by atoms with Crippen LogP contribution in [0, 0.1) is 31.6 Å². The van der Waals surface area contributed by atoms with Crippen molar-refractivity contribution in [1.29, 1.82) is 5.26 Å². The minimum Gasteiger partial charge on any atom is -0.502 e. The second-order valence-electron chi connectivity index (χ2n) is 5.05. The van der Waals surface area contributed by atoms with E-state index >= 15 is 0 Å². The fraction of sp³-hybridized carbons (Fsp3) is 0. The highest BCUT2D eigenvalue weighted by molar-refractivity contribution is 6.30. The summed E-state index contributed by atoms with van der Waals surface area (Å²) in [4.78, 5) is 32.2. The molecule has 0 atom stereocenters. The number of nitriles is 1. The molecular formula is C16H9ClN4O6. The molecule has 2 N–H and O–H groups in total. The van der Waals surface area contributed by atoms with Crippen LogP contribution in [0.1, 0.15) is 5.56 Å². The first-order valence-electron chi connectivity index (χ1n) is 7.07. The van der Waals surface area contributed by atoms with Crippen molar-refractivity contribution in [2.24, 2.45) is 0 Å². The Labute approximate surface area is 156 Å². The molecule has 0 radical (unpaired) electrons. The van der Waals surface area contributed by atoms with E-state index in [0.29, 0.717) is 16.8 Å². The number of carbonyl (C=O) groups is 1. The van der Waals surface area contributed by atoms with Crippen LogP contribution in [-0.4, -0.2) is 20.9 Å². The Morgan fingerprint density at radius 1 is 1.19 bits per heavy atom. The largest absolute Gasteiger partial charge is 0.502 e. The van der Waals surface area contributed by atoms with Gasteiger partial charge in [-0.25, -0.2) is 0 Å². The van der Waals surface area contributed by atoms with Gasteiger partial charge in [-0.2, -0.15) is 5.26 Å². The number of nitro groups is 2. The molecule has 0 aliphatic rings. The third-order valence-corrected chi connectivity index (χ3v) is 3.53. The monoisotopic (exact) mass is 388 g/mol. The van der Waals surface area contributed by atoms with Gasteiger partial charge in [-0.3, -0.25) is 25.0 Å². The lowest BCUT2D eigenvalue weighted by Gasteiger charge is -2.05. The van der Waals surface area contributed by atoms with E-state index in [0.717, 1.165) is 12.1 Å². The summed E-state index contributed by atoms with van der Waals surface area (Å²) in [6.45, 7) is 0. The Kier molecular flexibility index (Phi) is 5.69. The molecule has 27 heavy (non-hydrogen) atoms. The maximum absolute atomic E-state index is 12.2. The van der Waals surface area contributed by atoms with E-state index in [1.54, 1.807) is 6.07 Å². The molecule has 0 heterocycles. The fourth-order valence-corrected chi connectivity index (χ4v) is 2.14. The highest BCUT2D eigenvalue weighted by Crippen LogP contribution is 2.35. The molecule has 0 spiro atoms. The van der Waals surface area contributed by atoms with E-state index < -0.39 is 44.0 Å². The van der Waals surface area contributed by atoms with Crippen LogP contribution < -0.4 is 5.32 Å². The summed E-state index contributed by atoms with van der Waals surface area (Å²) in [5, 5.41) is 43.8. The van der Waals surface area contributed by atoms with Crippen LogP contribution in [-0.2, 0) is 4.79 Å². The van der Waals surface area contributed by atoms with E-state index in [4.69, 9.17) is 11.6 Å². The van der Waals surface area contributed by atoms with Crippen molar-refractivity contribution in [3.8, 4) is 11.8 Å². The molecule has 2 aromatic rings. The average Bonchev–Trinajstić information content (AvgIpc) is 2.62. The molecule has 0 unspecified atom stereocenters. The van der Waals surface area contributed by atoms with Crippen LogP contribution in [0.5, 0.6) is 5.75 Å². The summed E-state index contributed by atoms with van der Waals surface area (Å²) in [6.07, 6.45) is 0.820. The van der Waals surface area contributed by atoms with Gasteiger partial charge in [-0.05, 0) is 30.3 Å². The number of hydrogen-bond acceptors (Lipinski definition) is 7. The lowest BCUT2D eigenvalue weighted by Crippen LogP contribution is -2.13. The first-order chi connectivity index (χ1) is 12.7. The number of halogens is 1. The van der Waals surface area contributed by atoms with Gasteiger partial charge in [0.25, 0.3) is 11.6 Å². The molecule has 1 amide bonds. The number of nitro benzene ring substituents is 2. The lowest BCUT2D eigenvalue weighted by molar-refractivity contribution is -0.394. The summed E-state index contributed by atoms with van der Waals surface area (Å²) in [5.74, 6) is -1.79. The van der Waals surface area contributed by atoms with Crippen molar-refractivity contribution in [2.45, 2.75) is 0 Å². The van der Waals surface area contributed by atoms with E-state index in [9.17, 15) is 35.4 Å². The number of carbonyl (C=O) groups excluding carboxylic acids is 1. The van der Waals surface area contributed by atoms with Crippen molar-refractivity contribution in [2.75, 3.05) is 5.32 Å². The Morgan fingerprint density at radius 3 is 2.33 bits per heavy atom. The van der Waals surface area contributed by atoms with Crippen molar-refractivity contribution in [3.05, 3.63) is 72.8 Å². The molecule has 0 fully saturated rings. The van der Waals surface area contributed by atoms with E-state index in [2.05, 4.69) is 5.32 Å². The smallest absolute Gasteiger partial charge is 0.318 e. The lowest BCUT2D eigenvalue weighted by atomic mass is 10.1. The van der Waals surface area contributed by atoms with Crippen LogP contribution in [0.4, 0.5) is 17.1 Å². The predicted molar refractivity (Wildman–Crippen MR) is 95.1 cm³/mol. The van der Waals surface area contributed by atoms with Crippen LogP contribution in [0.3, 0.4) is 0 Å². The highest BCUT2D eigenvalue weighted by atomic mass is 35.5. The minimum absolute atomic E-state index is 0.319. The summed E-state index contributed by atoms with van der Waals surface area (Å²) in [5.41, 5.74) is -2.24. The second-order valence-corrected chi connectivity index (χ2v) is 5.48. The standard InChI is InChI=1S/C16H9ClN4O6/c17-11-1-3-12(4-2-11)19-16(23)10(8-18)5-9-6-13(20(24)25)7-14(15(9)22)21(26)27/h1-7,22H,(H,19,23)/b10-5-. The first-order valence-corrected chi connectivity index (χ1v) is 7.45. The predicted octanol–water partition coefficient (Wildman–Crippen LogP) is 3.41. The molecular weight excluding hydrogens is 380 g/mol. The molecule has 0 saturated carbocycles. The molecule has 0 bridgehead atoms. The quantitative estimate of drug-likeness (QED) is 0.343. The number of non-ortho nitro benzene ring substituents is 1. The Balaban J connectivity index is 2.45. The molecule has 0 aliphatic carbocycles. The zero-order valence-corrected chi connectivity index (χ0v) is 14.0. The maximum atomic E-state index is 12.2. The molecule has 11 heteroatoms. The van der Waals surface area contributed by atoms with Gasteiger partial charge < -0.3 is 10.4 Å². The number of benzene rings is 2. The Hall–Kier alpha value is -3.97. The van der Waals surface area contributed by atoms with Crippen molar-refractivity contribution >= 4 is 40.6 Å². The average molecular weight is 389 g/mol. The fourth-order valence-electron chi connectivity index (χ4n) is 2.02. The number of phenolic OH excluding ortho intramolecular Hbond substituents is 1.